The molecule has 0 aromatic heterocycles. The van der Waals surface area contributed by atoms with Crippen LogP contribution < -0.4 is 10.6 Å². The van der Waals surface area contributed by atoms with E-state index in [-0.39, 0.29) is 30.9 Å². The van der Waals surface area contributed by atoms with Crippen LogP contribution >= 0.6 is 0 Å². The number of phenols is 2. The highest BCUT2D eigenvalue weighted by Gasteiger charge is 2.21. The number of nitrogens with one attached hydrogen (secondary N) is 2. The van der Waals surface area contributed by atoms with Crippen molar-refractivity contribution in [2.45, 2.75) is 18.9 Å². The van der Waals surface area contributed by atoms with Gasteiger partial charge in [0.1, 0.15) is 17.5 Å². The Morgan fingerprint density at radius 2 is 1.48 bits per heavy atom. The minimum atomic E-state index is -0.850. The van der Waals surface area contributed by atoms with Crippen LogP contribution in [0.25, 0.3) is 0 Å². The number of benzene rings is 2. The molecule has 2 amide bonds. The molecule has 0 spiro atoms. The van der Waals surface area contributed by atoms with Crippen molar-refractivity contribution in [2.24, 2.45) is 0 Å². The van der Waals surface area contributed by atoms with Crippen molar-refractivity contribution in [1.82, 2.24) is 5.32 Å². The maximum absolute atomic E-state index is 12.5. The fourth-order valence-electron chi connectivity index (χ4n) is 2.22. The summed E-state index contributed by atoms with van der Waals surface area (Å²) in [6, 6.07) is 11.4. The van der Waals surface area contributed by atoms with E-state index in [1.807, 2.05) is 0 Å². The molecule has 0 radical (unpaired) electrons. The van der Waals surface area contributed by atoms with E-state index in [1.165, 1.54) is 24.3 Å². The first-order valence-electron chi connectivity index (χ1n) is 7.76. The predicted molar refractivity (Wildman–Crippen MR) is 92.2 cm³/mol. The van der Waals surface area contributed by atoms with Crippen LogP contribution in [0.3, 0.4) is 0 Å². The highest BCUT2D eigenvalue weighted by atomic mass is 16.3. The van der Waals surface area contributed by atoms with Gasteiger partial charge in [-0.05, 0) is 42.0 Å². The van der Waals surface area contributed by atoms with Crippen molar-refractivity contribution in [3.8, 4) is 11.5 Å². The molecule has 0 saturated carbocycles. The number of aliphatic hydroxyl groups is 1. The lowest BCUT2D eigenvalue weighted by Crippen LogP contribution is -2.45. The number of anilines is 1. The molecule has 2 rings (SSSR count). The maximum atomic E-state index is 12.5. The lowest BCUT2D eigenvalue weighted by Gasteiger charge is -2.18. The zero-order valence-corrected chi connectivity index (χ0v) is 13.5. The summed E-state index contributed by atoms with van der Waals surface area (Å²) < 4.78 is 0. The molecule has 0 saturated heterocycles. The molecule has 2 aromatic rings. The van der Waals surface area contributed by atoms with Gasteiger partial charge in [-0.25, -0.2) is 0 Å². The fraction of sp³-hybridized carbons (Fsp3) is 0.222. The number of carbonyl (C=O) groups excluding carboxylic acids is 2. The Labute approximate surface area is 144 Å². The maximum Gasteiger partial charge on any atom is 0.247 e. The summed E-state index contributed by atoms with van der Waals surface area (Å²) in [6.45, 7) is -0.308. The minimum Gasteiger partial charge on any atom is -0.508 e. The van der Waals surface area contributed by atoms with E-state index >= 15 is 0 Å². The smallest absolute Gasteiger partial charge is 0.247 e. The Bertz CT molecular complexity index is 713. The van der Waals surface area contributed by atoms with E-state index in [9.17, 15) is 19.8 Å². The third kappa shape index (κ3) is 5.82. The zero-order valence-electron chi connectivity index (χ0n) is 13.5. The first kappa shape index (κ1) is 18.3. The van der Waals surface area contributed by atoms with E-state index in [2.05, 4.69) is 10.6 Å². The third-order valence-electron chi connectivity index (χ3n) is 3.50. The summed E-state index contributed by atoms with van der Waals surface area (Å²) in [5, 5.41) is 32.7. The van der Waals surface area contributed by atoms with Crippen LogP contribution in [0, 0.1) is 0 Å². The molecule has 0 bridgehead atoms. The monoisotopic (exact) mass is 344 g/mol. The van der Waals surface area contributed by atoms with Crippen molar-refractivity contribution in [1.29, 1.82) is 0 Å². The third-order valence-corrected chi connectivity index (χ3v) is 3.50. The summed E-state index contributed by atoms with van der Waals surface area (Å²) in [5.74, 6) is -0.676. The first-order chi connectivity index (χ1) is 12.0. The second kappa shape index (κ2) is 8.70. The Balaban J connectivity index is 2.11. The molecule has 1 atom stereocenters. The van der Waals surface area contributed by atoms with Gasteiger partial charge in [-0.2, -0.15) is 0 Å². The molecule has 132 valence electrons. The fourth-order valence-corrected chi connectivity index (χ4v) is 2.22. The second-order valence-corrected chi connectivity index (χ2v) is 5.50. The Kier molecular flexibility index (Phi) is 6.36. The Morgan fingerprint density at radius 3 is 2.04 bits per heavy atom. The van der Waals surface area contributed by atoms with Crippen molar-refractivity contribution in [3.05, 3.63) is 54.1 Å². The van der Waals surface area contributed by atoms with Gasteiger partial charge in [-0.3, -0.25) is 9.59 Å². The van der Waals surface area contributed by atoms with Gasteiger partial charge in [0.05, 0.1) is 6.61 Å². The standard InChI is InChI=1S/C18H20N2O5/c21-10-9-17(24)20-16(11-12-1-5-14(22)6-2-12)18(25)19-13-3-7-15(23)8-4-13/h1-8,16,21-23H,9-11H2,(H,19,25)(H,20,24)/t16-/m0/s1. The number of hydrogen-bond donors (Lipinski definition) is 5. The SMILES string of the molecule is O=C(CCO)N[C@@H](Cc1ccc(O)cc1)C(=O)Nc1ccc(O)cc1. The largest absolute Gasteiger partial charge is 0.508 e. The summed E-state index contributed by atoms with van der Waals surface area (Å²) in [5.41, 5.74) is 1.24. The average Bonchev–Trinajstić information content (AvgIpc) is 2.58. The van der Waals surface area contributed by atoms with Gasteiger partial charge in [0.2, 0.25) is 11.8 Å². The van der Waals surface area contributed by atoms with E-state index in [0.29, 0.717) is 5.69 Å². The van der Waals surface area contributed by atoms with E-state index < -0.39 is 17.9 Å². The van der Waals surface area contributed by atoms with Crippen LogP contribution in [0.1, 0.15) is 12.0 Å². The highest BCUT2D eigenvalue weighted by molar-refractivity contribution is 5.97. The van der Waals surface area contributed by atoms with E-state index in [4.69, 9.17) is 5.11 Å². The molecular weight excluding hydrogens is 324 g/mol. The molecule has 25 heavy (non-hydrogen) atoms. The first-order valence-corrected chi connectivity index (χ1v) is 7.76. The number of carbonyl (C=O) groups is 2. The predicted octanol–water partition coefficient (Wildman–Crippen LogP) is 1.15. The number of rotatable bonds is 7. The Hall–Kier alpha value is -3.06. The zero-order chi connectivity index (χ0) is 18.2. The lowest BCUT2D eigenvalue weighted by molar-refractivity contribution is -0.126. The number of phenolic OH excluding ortho intramolecular Hbond substituents is 2. The van der Waals surface area contributed by atoms with Gasteiger partial charge in [-0.1, -0.05) is 12.1 Å². The van der Waals surface area contributed by atoms with Crippen LogP contribution in [-0.4, -0.2) is 39.8 Å². The molecule has 7 heteroatoms. The van der Waals surface area contributed by atoms with Gasteiger partial charge >= 0.3 is 0 Å². The van der Waals surface area contributed by atoms with E-state index in [1.54, 1.807) is 24.3 Å². The summed E-state index contributed by atoms with van der Waals surface area (Å²) in [6.07, 6.45) is 0.125. The number of hydrogen-bond acceptors (Lipinski definition) is 5. The van der Waals surface area contributed by atoms with Crippen LogP contribution in [0.2, 0.25) is 0 Å². The Morgan fingerprint density at radius 1 is 0.920 bits per heavy atom. The van der Waals surface area contributed by atoms with Gasteiger partial charge in [0.25, 0.3) is 0 Å². The van der Waals surface area contributed by atoms with Crippen molar-refractivity contribution < 1.29 is 24.9 Å². The molecule has 5 N–H and O–H groups in total. The molecule has 0 fully saturated rings. The summed E-state index contributed by atoms with van der Waals surface area (Å²) >= 11 is 0. The van der Waals surface area contributed by atoms with Crippen LogP contribution in [0.5, 0.6) is 11.5 Å². The van der Waals surface area contributed by atoms with Crippen molar-refractivity contribution >= 4 is 17.5 Å². The minimum absolute atomic E-state index is 0.0786. The summed E-state index contributed by atoms with van der Waals surface area (Å²) in [7, 11) is 0. The number of aliphatic hydroxyl groups excluding tert-OH is 1. The van der Waals surface area contributed by atoms with E-state index in [0.717, 1.165) is 5.56 Å². The van der Waals surface area contributed by atoms with Gasteiger partial charge in [0, 0.05) is 18.5 Å². The number of amides is 2. The van der Waals surface area contributed by atoms with Crippen molar-refractivity contribution in [2.75, 3.05) is 11.9 Å². The molecule has 7 nitrogen and oxygen atoms in total. The van der Waals surface area contributed by atoms with Gasteiger partial charge in [0.15, 0.2) is 0 Å². The van der Waals surface area contributed by atoms with Crippen molar-refractivity contribution in [3.63, 3.8) is 0 Å². The molecule has 0 heterocycles. The normalized spacial score (nSPS) is 11.6. The molecular formula is C18H20N2O5. The quantitative estimate of drug-likeness (QED) is 0.483. The second-order valence-electron chi connectivity index (χ2n) is 5.50. The molecule has 2 aromatic carbocycles. The van der Waals surface area contributed by atoms with Crippen LogP contribution in [0.4, 0.5) is 5.69 Å². The lowest BCUT2D eigenvalue weighted by atomic mass is 10.0. The molecule has 0 unspecified atom stereocenters. The molecule has 0 aliphatic carbocycles. The van der Waals surface area contributed by atoms with Gasteiger partial charge < -0.3 is 26.0 Å². The average molecular weight is 344 g/mol. The van der Waals surface area contributed by atoms with Gasteiger partial charge in [-0.15, -0.1) is 0 Å². The topological polar surface area (TPSA) is 119 Å². The summed E-state index contributed by atoms with van der Waals surface area (Å²) in [4.78, 5) is 24.3. The molecule has 0 aliphatic heterocycles. The van der Waals surface area contributed by atoms with Crippen LogP contribution in [0.15, 0.2) is 48.5 Å². The highest BCUT2D eigenvalue weighted by Crippen LogP contribution is 2.15. The number of aromatic hydroxyl groups is 2. The molecule has 0 aliphatic rings. The van der Waals surface area contributed by atoms with Crippen LogP contribution in [-0.2, 0) is 16.0 Å².